The van der Waals surface area contributed by atoms with Gasteiger partial charge in [-0.15, -0.1) is 11.3 Å². The van der Waals surface area contributed by atoms with Gasteiger partial charge < -0.3 is 0 Å². The number of pyridine rings is 2. The van der Waals surface area contributed by atoms with Crippen molar-refractivity contribution in [2.45, 2.75) is 0 Å². The smallest absolute Gasteiger partial charge is 0.127 e. The van der Waals surface area contributed by atoms with Crippen LogP contribution in [-0.2, 0) is 0 Å². The molecule has 0 bridgehead atoms. The second-order valence-electron chi connectivity index (χ2n) is 3.89. The summed E-state index contributed by atoms with van der Waals surface area (Å²) in [6.07, 6.45) is 5.16. The largest absolute Gasteiger partial charge is 0.264 e. The van der Waals surface area contributed by atoms with E-state index in [-0.39, 0.29) is 0 Å². The van der Waals surface area contributed by atoms with Crippen molar-refractivity contribution in [3.05, 3.63) is 53.0 Å². The fourth-order valence-electron chi connectivity index (χ4n) is 1.74. The van der Waals surface area contributed by atoms with Gasteiger partial charge in [0.15, 0.2) is 0 Å². The van der Waals surface area contributed by atoms with Crippen LogP contribution in [0.2, 0.25) is 0 Å². The Morgan fingerprint density at radius 1 is 1.20 bits per heavy atom. The average molecular weight is 343 g/mol. The van der Waals surface area contributed by atoms with Crippen molar-refractivity contribution >= 4 is 27.3 Å². The summed E-state index contributed by atoms with van der Waals surface area (Å²) in [5.74, 6) is 0. The predicted molar refractivity (Wildman–Crippen MR) is 81.0 cm³/mol. The van der Waals surface area contributed by atoms with Crippen LogP contribution in [0.3, 0.4) is 0 Å². The third-order valence-electron chi connectivity index (χ3n) is 2.64. The molecule has 0 aliphatic rings. The zero-order chi connectivity index (χ0) is 13.9. The number of aromatic nitrogens is 3. The van der Waals surface area contributed by atoms with E-state index in [1.165, 1.54) is 11.3 Å². The lowest BCUT2D eigenvalue weighted by molar-refractivity contribution is 1.28. The fourth-order valence-corrected chi connectivity index (χ4v) is 3.42. The van der Waals surface area contributed by atoms with E-state index in [1.807, 2.05) is 12.1 Å². The Kier molecular flexibility index (Phi) is 3.54. The van der Waals surface area contributed by atoms with Crippen molar-refractivity contribution in [2.24, 2.45) is 0 Å². The Hall–Kier alpha value is -2.10. The van der Waals surface area contributed by atoms with E-state index in [9.17, 15) is 0 Å². The Labute approximate surface area is 127 Å². The highest BCUT2D eigenvalue weighted by Gasteiger charge is 2.16. The molecule has 0 fully saturated rings. The molecule has 0 spiro atoms. The Morgan fingerprint density at radius 2 is 2.05 bits per heavy atom. The van der Waals surface area contributed by atoms with Gasteiger partial charge in [-0.3, -0.25) is 9.97 Å². The molecular formula is C14H7BrN4S. The van der Waals surface area contributed by atoms with E-state index in [2.05, 4.69) is 37.0 Å². The molecule has 0 radical (unpaired) electrons. The van der Waals surface area contributed by atoms with Gasteiger partial charge >= 0.3 is 0 Å². The summed E-state index contributed by atoms with van der Waals surface area (Å²) in [7, 11) is 0. The van der Waals surface area contributed by atoms with Crippen molar-refractivity contribution < 1.29 is 0 Å². The Morgan fingerprint density at radius 3 is 2.80 bits per heavy atom. The van der Waals surface area contributed by atoms with E-state index < -0.39 is 0 Å². The van der Waals surface area contributed by atoms with Crippen molar-refractivity contribution in [1.29, 1.82) is 5.26 Å². The van der Waals surface area contributed by atoms with Crippen LogP contribution in [-0.4, -0.2) is 15.0 Å². The van der Waals surface area contributed by atoms with Crippen LogP contribution in [0.15, 0.2) is 47.5 Å². The molecule has 3 rings (SSSR count). The Bertz CT molecular complexity index is 792. The van der Waals surface area contributed by atoms with Gasteiger partial charge in [0.1, 0.15) is 21.4 Å². The van der Waals surface area contributed by atoms with Gasteiger partial charge in [0, 0.05) is 24.2 Å². The van der Waals surface area contributed by atoms with Gasteiger partial charge in [0.2, 0.25) is 0 Å². The van der Waals surface area contributed by atoms with E-state index in [0.29, 0.717) is 15.9 Å². The number of thiazole rings is 1. The zero-order valence-electron chi connectivity index (χ0n) is 10.1. The van der Waals surface area contributed by atoms with E-state index in [4.69, 9.17) is 5.26 Å². The van der Waals surface area contributed by atoms with E-state index in [0.717, 1.165) is 15.4 Å². The molecule has 6 heteroatoms. The van der Waals surface area contributed by atoms with Gasteiger partial charge in [0.25, 0.3) is 0 Å². The summed E-state index contributed by atoms with van der Waals surface area (Å²) in [5, 5.41) is 10.0. The molecule has 0 atom stereocenters. The van der Waals surface area contributed by atoms with Crippen molar-refractivity contribution in [1.82, 2.24) is 15.0 Å². The second-order valence-corrected chi connectivity index (χ2v) is 5.64. The summed E-state index contributed by atoms with van der Waals surface area (Å²) in [6, 6.07) is 9.47. The monoisotopic (exact) mass is 342 g/mol. The third kappa shape index (κ3) is 2.33. The summed E-state index contributed by atoms with van der Waals surface area (Å²) >= 11 is 4.93. The van der Waals surface area contributed by atoms with Crippen LogP contribution in [0.4, 0.5) is 0 Å². The minimum absolute atomic E-state index is 0.537. The van der Waals surface area contributed by atoms with Gasteiger partial charge in [-0.2, -0.15) is 5.26 Å². The number of hydrogen-bond acceptors (Lipinski definition) is 5. The molecule has 0 saturated carbocycles. The van der Waals surface area contributed by atoms with Crippen LogP contribution < -0.4 is 0 Å². The highest BCUT2D eigenvalue weighted by atomic mass is 79.9. The first-order chi connectivity index (χ1) is 9.79. The molecule has 0 saturated heterocycles. The average Bonchev–Trinajstić information content (AvgIpc) is 2.90. The topological polar surface area (TPSA) is 62.5 Å². The molecule has 0 aliphatic carbocycles. The maximum absolute atomic E-state index is 9.16. The molecule has 0 amide bonds. The summed E-state index contributed by atoms with van der Waals surface area (Å²) in [5.41, 5.74) is 2.13. The molecule has 3 aromatic rings. The normalized spacial score (nSPS) is 10.2. The molecule has 0 unspecified atom stereocenters. The first-order valence-corrected chi connectivity index (χ1v) is 7.33. The maximum atomic E-state index is 9.16. The summed E-state index contributed by atoms with van der Waals surface area (Å²) in [6.45, 7) is 0. The van der Waals surface area contributed by atoms with Gasteiger partial charge in [0.05, 0.1) is 10.4 Å². The SMILES string of the molecule is N#Cc1cccnc1-c1sc(-c2cccnc2)nc1Br. The molecule has 3 aromatic heterocycles. The standard InChI is InChI=1S/C14H7BrN4S/c15-13-12(11-9(7-16)3-2-6-18-11)20-14(19-13)10-4-1-5-17-8-10/h1-6,8H. The van der Waals surface area contributed by atoms with Gasteiger partial charge in [-0.25, -0.2) is 4.98 Å². The van der Waals surface area contributed by atoms with Crippen LogP contribution in [0, 0.1) is 11.3 Å². The highest BCUT2D eigenvalue weighted by molar-refractivity contribution is 9.10. The van der Waals surface area contributed by atoms with E-state index in [1.54, 1.807) is 30.7 Å². The molecule has 3 heterocycles. The number of hydrogen-bond donors (Lipinski definition) is 0. The lowest BCUT2D eigenvalue weighted by Gasteiger charge is -1.98. The molecule has 96 valence electrons. The zero-order valence-corrected chi connectivity index (χ0v) is 12.5. The molecule has 0 N–H and O–H groups in total. The molecule has 4 nitrogen and oxygen atoms in total. The molecule has 0 aliphatic heterocycles. The van der Waals surface area contributed by atoms with Gasteiger partial charge in [-0.1, -0.05) is 0 Å². The third-order valence-corrected chi connectivity index (χ3v) is 4.58. The lowest BCUT2D eigenvalue weighted by Crippen LogP contribution is -1.86. The van der Waals surface area contributed by atoms with Crippen LogP contribution in [0.1, 0.15) is 5.56 Å². The predicted octanol–water partition coefficient (Wildman–Crippen LogP) is 3.90. The van der Waals surface area contributed by atoms with Gasteiger partial charge in [-0.05, 0) is 40.2 Å². The number of halogens is 1. The van der Waals surface area contributed by atoms with Crippen molar-refractivity contribution in [3.8, 4) is 27.2 Å². The first kappa shape index (κ1) is 12.9. The number of rotatable bonds is 2. The summed E-state index contributed by atoms with van der Waals surface area (Å²) < 4.78 is 0.691. The maximum Gasteiger partial charge on any atom is 0.127 e. The second kappa shape index (κ2) is 5.49. The Balaban J connectivity index is 2.13. The minimum atomic E-state index is 0.537. The van der Waals surface area contributed by atoms with Crippen molar-refractivity contribution in [3.63, 3.8) is 0 Å². The molecular weight excluding hydrogens is 336 g/mol. The van der Waals surface area contributed by atoms with Crippen molar-refractivity contribution in [2.75, 3.05) is 0 Å². The molecule has 0 aromatic carbocycles. The first-order valence-electron chi connectivity index (χ1n) is 5.72. The number of nitrogens with zero attached hydrogens (tertiary/aromatic N) is 4. The quantitative estimate of drug-likeness (QED) is 0.708. The van der Waals surface area contributed by atoms with Crippen LogP contribution in [0.5, 0.6) is 0 Å². The minimum Gasteiger partial charge on any atom is -0.264 e. The van der Waals surface area contributed by atoms with Crippen LogP contribution >= 0.6 is 27.3 Å². The molecule has 20 heavy (non-hydrogen) atoms. The fraction of sp³-hybridized carbons (Fsp3) is 0. The summed E-state index contributed by atoms with van der Waals surface area (Å²) in [4.78, 5) is 13.7. The van der Waals surface area contributed by atoms with Crippen LogP contribution in [0.25, 0.3) is 21.1 Å². The number of nitriles is 1. The lowest BCUT2D eigenvalue weighted by atomic mass is 10.2. The highest BCUT2D eigenvalue weighted by Crippen LogP contribution is 2.38. The van der Waals surface area contributed by atoms with E-state index >= 15 is 0 Å².